The number of nitrogens with zero attached hydrogens (tertiary/aromatic N) is 20. The largest absolute Gasteiger partial charge is 2.00 e. The SMILES string of the molecule is Cc1cc(-c2cc(C(C)(C)C)ccn2)[n-]n1.Cc1ccnc(-c2cc(C(F)(F)F)n[n-]2)c1.Cc1ccnc(-c2cc(C(F)(F)F)n[n-]2)c1.Cc1ccnc(-c2cc(C(F)(F)F)n[n-]2)c1.Cc1n[n-]c(-c2cc(C(C)(C)C)ccn2)n1.Cc1n[n-]c(-c2ccccn2)n1.[Pt+2].[Pt+2].[Pt+2]. The molecule has 0 saturated carbocycles. The van der Waals surface area contributed by atoms with Gasteiger partial charge in [-0.05, 0) is 183 Å². The zero-order valence-corrected chi connectivity index (χ0v) is 59.4. The summed E-state index contributed by atoms with van der Waals surface area (Å²) in [5.74, 6) is 2.55. The van der Waals surface area contributed by atoms with Crippen LogP contribution in [0.1, 0.15) is 104 Å². The molecule has 0 aromatic carbocycles. The molecule has 0 aliphatic carbocycles. The molecule has 12 rings (SSSR count). The van der Waals surface area contributed by atoms with Gasteiger partial charge in [0.25, 0.3) is 0 Å². The van der Waals surface area contributed by atoms with Gasteiger partial charge in [-0.3, -0.25) is 40.1 Å². The molecule has 12 aromatic rings. The number of aromatic nitrogens is 20. The van der Waals surface area contributed by atoms with E-state index in [1.807, 2.05) is 83.3 Å². The maximum atomic E-state index is 12.3. The minimum Gasteiger partial charge on any atom is -0.574 e. The summed E-state index contributed by atoms with van der Waals surface area (Å²) in [6.45, 7) is 24.1. The zero-order valence-electron chi connectivity index (χ0n) is 52.6. The van der Waals surface area contributed by atoms with Crippen LogP contribution in [-0.4, -0.2) is 70.5 Å². The Bertz CT molecular complexity index is 3970. The summed E-state index contributed by atoms with van der Waals surface area (Å²) in [7, 11) is 0. The van der Waals surface area contributed by atoms with Crippen molar-refractivity contribution in [1.29, 1.82) is 0 Å². The molecule has 504 valence electrons. The van der Waals surface area contributed by atoms with Gasteiger partial charge in [0.05, 0.1) is 11.4 Å². The van der Waals surface area contributed by atoms with Crippen molar-refractivity contribution in [2.75, 3.05) is 0 Å². The number of hydrogen-bond donors (Lipinski definition) is 0. The minimum atomic E-state index is -4.46. The number of aryl methyl sites for hydroxylation is 6. The van der Waals surface area contributed by atoms with Gasteiger partial charge in [-0.15, -0.1) is 0 Å². The van der Waals surface area contributed by atoms with E-state index in [1.54, 1.807) is 55.7 Å². The molecule has 0 aliphatic heterocycles. The van der Waals surface area contributed by atoms with Crippen LogP contribution in [0.25, 0.3) is 68.6 Å². The molecule has 32 heteroatoms. The fourth-order valence-corrected chi connectivity index (χ4v) is 7.62. The van der Waals surface area contributed by atoms with Crippen molar-refractivity contribution in [3.05, 3.63) is 203 Å². The summed E-state index contributed by atoms with van der Waals surface area (Å²) in [6, 6.07) is 28.6. The van der Waals surface area contributed by atoms with Gasteiger partial charge >= 0.3 is 81.7 Å². The van der Waals surface area contributed by atoms with E-state index in [1.165, 1.54) is 29.7 Å². The monoisotopic (exact) mass is 1850 g/mol. The topological polar surface area (TPSA) is 265 Å². The maximum absolute atomic E-state index is 12.3. The molecule has 0 saturated heterocycles. The van der Waals surface area contributed by atoms with Crippen molar-refractivity contribution < 1.29 is 103 Å². The Morgan fingerprint density at radius 3 is 0.916 bits per heavy atom. The second kappa shape index (κ2) is 34.2. The predicted octanol–water partition coefficient (Wildman–Crippen LogP) is 12.9. The Morgan fingerprint density at radius 1 is 0.305 bits per heavy atom. The van der Waals surface area contributed by atoms with Crippen LogP contribution in [0.5, 0.6) is 0 Å². The first-order valence-electron chi connectivity index (χ1n) is 27.7. The molecule has 0 amide bonds. The number of hydrogen-bond acceptors (Lipinski definition) is 14. The van der Waals surface area contributed by atoms with Crippen molar-refractivity contribution in [3.8, 4) is 68.6 Å². The van der Waals surface area contributed by atoms with Gasteiger partial charge in [-0.25, -0.2) is 0 Å². The fourth-order valence-electron chi connectivity index (χ4n) is 7.62. The average molecular weight is 1850 g/mol. The van der Waals surface area contributed by atoms with E-state index >= 15 is 0 Å². The van der Waals surface area contributed by atoms with Crippen LogP contribution >= 0.6 is 0 Å². The average Bonchev–Trinajstić information content (AvgIpc) is 1.84. The van der Waals surface area contributed by atoms with Gasteiger partial charge in [0.15, 0.2) is 0 Å². The number of pyridine rings is 6. The van der Waals surface area contributed by atoms with Gasteiger partial charge in [0.2, 0.25) is 0 Å². The summed E-state index contributed by atoms with van der Waals surface area (Å²) in [4.78, 5) is 32.8. The van der Waals surface area contributed by atoms with E-state index in [0.29, 0.717) is 40.4 Å². The second-order valence-corrected chi connectivity index (χ2v) is 22.3. The van der Waals surface area contributed by atoms with E-state index in [2.05, 4.69) is 149 Å². The molecule has 12 heterocycles. The first-order chi connectivity index (χ1) is 43.2. The quantitative estimate of drug-likeness (QED) is 0.140. The molecule has 0 N–H and O–H groups in total. The molecule has 20 nitrogen and oxygen atoms in total. The third kappa shape index (κ3) is 24.0. The number of rotatable bonds is 6. The van der Waals surface area contributed by atoms with Crippen molar-refractivity contribution in [1.82, 2.24) is 101 Å². The normalized spacial score (nSPS) is 11.2. The number of halogens is 9. The van der Waals surface area contributed by atoms with Gasteiger partial charge in [0.1, 0.15) is 17.1 Å². The van der Waals surface area contributed by atoms with Crippen LogP contribution in [-0.2, 0) is 92.6 Å². The maximum Gasteiger partial charge on any atom is 2.00 e. The zero-order chi connectivity index (χ0) is 67.2. The minimum absolute atomic E-state index is 0. The molecule has 0 spiro atoms. The smallest absolute Gasteiger partial charge is 0.574 e. The van der Waals surface area contributed by atoms with Crippen LogP contribution in [0.4, 0.5) is 39.5 Å². The Morgan fingerprint density at radius 2 is 0.621 bits per heavy atom. The van der Waals surface area contributed by atoms with E-state index in [0.717, 1.165) is 63.4 Å². The Balaban J connectivity index is 0.000000242. The molecule has 0 atom stereocenters. The Kier molecular flexibility index (Phi) is 28.4. The van der Waals surface area contributed by atoms with Gasteiger partial charge < -0.3 is 61.0 Å². The van der Waals surface area contributed by atoms with Crippen LogP contribution in [0.2, 0.25) is 0 Å². The van der Waals surface area contributed by atoms with Gasteiger partial charge in [0, 0.05) is 77.3 Å². The summed E-state index contributed by atoms with van der Waals surface area (Å²) < 4.78 is 110. The van der Waals surface area contributed by atoms with Crippen LogP contribution in [0.3, 0.4) is 0 Å². The standard InChI is InChI=1S/C13H16N3.C12H15N4.3C10H7F3N3.C8H7N4.3Pt/c1-9-7-12(16-15-9)11-8-10(5-6-14-11)13(2,3)4;1-8-14-11(16-15-8)10-7-9(5-6-13-10)12(2,3)4;3*1-6-2-3-14-7(4-6)8-5-9(16-15-8)10(11,12)13;1-6-10-8(12-11-6)7-4-2-3-5-9-7;;;/h5-8H,1-4H3;5-7H,1-4H3;3*2-5H,1H3;2-5H,1H3;;;/q6*-1;3*+2. The van der Waals surface area contributed by atoms with Crippen molar-refractivity contribution in [2.24, 2.45) is 0 Å². The first-order valence-corrected chi connectivity index (χ1v) is 27.7. The molecule has 12 aromatic heterocycles. The molecular formula is C63H59F9N20Pt3. The van der Waals surface area contributed by atoms with Gasteiger partial charge in [-0.2, -0.15) is 39.5 Å². The summed E-state index contributed by atoms with van der Waals surface area (Å²) in [5, 5.41) is 43.2. The van der Waals surface area contributed by atoms with E-state index in [-0.39, 0.29) is 91.1 Å². The summed E-state index contributed by atoms with van der Waals surface area (Å²) >= 11 is 0. The third-order valence-corrected chi connectivity index (χ3v) is 12.4. The fraction of sp³-hybridized carbons (Fsp3) is 0.270. The molecule has 0 radical (unpaired) electrons. The van der Waals surface area contributed by atoms with E-state index in [4.69, 9.17) is 0 Å². The summed E-state index contributed by atoms with van der Waals surface area (Å²) in [6.07, 6.45) is -3.49. The molecular weight excluding hydrogens is 1790 g/mol. The van der Waals surface area contributed by atoms with E-state index < -0.39 is 35.6 Å². The van der Waals surface area contributed by atoms with Crippen molar-refractivity contribution >= 4 is 0 Å². The van der Waals surface area contributed by atoms with Crippen LogP contribution in [0, 0.1) is 41.5 Å². The van der Waals surface area contributed by atoms with Crippen LogP contribution in [0.15, 0.2) is 140 Å². The molecule has 0 bridgehead atoms. The third-order valence-electron chi connectivity index (χ3n) is 12.4. The van der Waals surface area contributed by atoms with Crippen LogP contribution < -0.4 is 30.6 Å². The Labute approximate surface area is 583 Å². The predicted molar refractivity (Wildman–Crippen MR) is 321 cm³/mol. The molecule has 95 heavy (non-hydrogen) atoms. The Hall–Kier alpha value is -8.55. The molecule has 0 aliphatic rings. The van der Waals surface area contributed by atoms with E-state index in [9.17, 15) is 39.5 Å². The van der Waals surface area contributed by atoms with Crippen molar-refractivity contribution in [3.63, 3.8) is 0 Å². The number of alkyl halides is 9. The summed E-state index contributed by atoms with van der Waals surface area (Å²) in [5.41, 5.74) is 8.25. The molecule has 0 fully saturated rings. The van der Waals surface area contributed by atoms with Gasteiger partial charge in [-0.1, -0.05) is 76.5 Å². The second-order valence-electron chi connectivity index (χ2n) is 22.3. The van der Waals surface area contributed by atoms with Crippen molar-refractivity contribution in [2.45, 2.75) is 112 Å². The first kappa shape index (κ1) is 78.9. The molecule has 0 unspecified atom stereocenters.